The summed E-state index contributed by atoms with van der Waals surface area (Å²) >= 11 is 2.31. The summed E-state index contributed by atoms with van der Waals surface area (Å²) in [5.41, 5.74) is 1.15. The van der Waals surface area contributed by atoms with Crippen LogP contribution in [0.1, 0.15) is 12.0 Å². The van der Waals surface area contributed by atoms with Crippen molar-refractivity contribution in [3.8, 4) is 0 Å². The van der Waals surface area contributed by atoms with E-state index in [0.29, 0.717) is 6.54 Å². The van der Waals surface area contributed by atoms with E-state index in [1.165, 1.54) is 0 Å². The van der Waals surface area contributed by atoms with Gasteiger partial charge in [-0.05, 0) is 12.0 Å². The molecular formula is C12H14INO2. The average molecular weight is 331 g/mol. The van der Waals surface area contributed by atoms with Gasteiger partial charge in [-0.2, -0.15) is 0 Å². The predicted molar refractivity (Wildman–Crippen MR) is 70.6 cm³/mol. The second-order valence-corrected chi connectivity index (χ2v) is 4.93. The Kier molecular flexibility index (Phi) is 4.04. The van der Waals surface area contributed by atoms with E-state index < -0.39 is 0 Å². The van der Waals surface area contributed by atoms with Gasteiger partial charge in [-0.15, -0.1) is 0 Å². The first-order valence-electron chi connectivity index (χ1n) is 5.35. The lowest BCUT2D eigenvalue weighted by atomic mass is 10.2. The summed E-state index contributed by atoms with van der Waals surface area (Å²) in [7, 11) is 0. The number of carbonyl (C=O) groups excluding carboxylic acids is 1. The van der Waals surface area contributed by atoms with Crippen LogP contribution in [0.3, 0.4) is 0 Å². The number of carbonyl (C=O) groups is 1. The van der Waals surface area contributed by atoms with E-state index in [2.05, 4.69) is 22.6 Å². The largest absolute Gasteiger partial charge is 0.444 e. The van der Waals surface area contributed by atoms with Gasteiger partial charge in [0, 0.05) is 11.0 Å². The zero-order chi connectivity index (χ0) is 11.4. The van der Waals surface area contributed by atoms with Crippen LogP contribution in [0, 0.1) is 0 Å². The number of alkyl halides is 1. The minimum atomic E-state index is -0.182. The fourth-order valence-electron chi connectivity index (χ4n) is 1.78. The summed E-state index contributed by atoms with van der Waals surface area (Å²) in [5, 5.41) is 0. The van der Waals surface area contributed by atoms with Crippen molar-refractivity contribution in [2.45, 2.75) is 19.1 Å². The van der Waals surface area contributed by atoms with E-state index in [-0.39, 0.29) is 12.2 Å². The number of ether oxygens (including phenoxy) is 1. The summed E-state index contributed by atoms with van der Waals surface area (Å²) in [5.74, 6) is 0. The number of hydrogen-bond donors (Lipinski definition) is 0. The molecule has 1 aromatic rings. The van der Waals surface area contributed by atoms with Gasteiger partial charge in [0.15, 0.2) is 0 Å². The minimum absolute atomic E-state index is 0.0770. The van der Waals surface area contributed by atoms with Gasteiger partial charge < -0.3 is 9.64 Å². The third-order valence-corrected chi connectivity index (χ3v) is 3.22. The lowest BCUT2D eigenvalue weighted by Crippen LogP contribution is -2.24. The van der Waals surface area contributed by atoms with Crippen LogP contribution in [-0.2, 0) is 11.3 Å². The molecule has 0 aliphatic carbocycles. The first kappa shape index (κ1) is 11.7. The van der Waals surface area contributed by atoms with Crippen LogP contribution in [-0.4, -0.2) is 28.1 Å². The summed E-state index contributed by atoms with van der Waals surface area (Å²) in [6.07, 6.45) is 0.837. The number of rotatable bonds is 4. The van der Waals surface area contributed by atoms with Crippen LogP contribution >= 0.6 is 22.6 Å². The van der Waals surface area contributed by atoms with Crippen LogP contribution in [0.4, 0.5) is 4.79 Å². The van der Waals surface area contributed by atoms with Crippen molar-refractivity contribution >= 4 is 28.7 Å². The molecule has 1 aliphatic heterocycles. The highest BCUT2D eigenvalue weighted by Gasteiger charge is 2.30. The van der Waals surface area contributed by atoms with Gasteiger partial charge in [0.05, 0.1) is 6.54 Å². The second-order valence-electron chi connectivity index (χ2n) is 3.85. The number of amides is 1. The van der Waals surface area contributed by atoms with Gasteiger partial charge in [0.1, 0.15) is 6.10 Å². The van der Waals surface area contributed by atoms with Crippen molar-refractivity contribution in [1.82, 2.24) is 4.90 Å². The smallest absolute Gasteiger partial charge is 0.410 e. The molecule has 1 aliphatic rings. The Hall–Kier alpha value is -0.780. The van der Waals surface area contributed by atoms with E-state index >= 15 is 0 Å². The Morgan fingerprint density at radius 1 is 1.38 bits per heavy atom. The first-order chi connectivity index (χ1) is 7.79. The van der Waals surface area contributed by atoms with Gasteiger partial charge in [0.2, 0.25) is 0 Å². The molecule has 1 saturated heterocycles. The Labute approximate surface area is 109 Å². The number of nitrogens with zero attached hydrogens (tertiary/aromatic N) is 1. The van der Waals surface area contributed by atoms with E-state index in [1.807, 2.05) is 30.3 Å². The Morgan fingerprint density at radius 3 is 2.81 bits per heavy atom. The predicted octanol–water partition coefficient (Wildman–Crippen LogP) is 2.83. The lowest BCUT2D eigenvalue weighted by molar-refractivity contribution is 0.131. The maximum atomic E-state index is 11.6. The molecule has 1 atom stereocenters. The molecule has 0 bridgehead atoms. The molecule has 1 amide bonds. The van der Waals surface area contributed by atoms with Crippen LogP contribution in [0.5, 0.6) is 0 Å². The molecule has 1 unspecified atom stereocenters. The minimum Gasteiger partial charge on any atom is -0.444 e. The monoisotopic (exact) mass is 331 g/mol. The average Bonchev–Trinajstić information content (AvgIpc) is 2.61. The van der Waals surface area contributed by atoms with Gasteiger partial charge >= 0.3 is 6.09 Å². The molecule has 1 heterocycles. The molecule has 3 nitrogen and oxygen atoms in total. The first-order valence-corrected chi connectivity index (χ1v) is 6.87. The van der Waals surface area contributed by atoms with Crippen LogP contribution in [0.15, 0.2) is 30.3 Å². The zero-order valence-corrected chi connectivity index (χ0v) is 11.1. The molecule has 0 spiro atoms. The van der Waals surface area contributed by atoms with E-state index in [1.54, 1.807) is 4.90 Å². The van der Waals surface area contributed by atoms with Crippen LogP contribution in [0.25, 0.3) is 0 Å². The SMILES string of the molecule is O=C1OC(CCI)CN1Cc1ccccc1. The number of halogens is 1. The highest BCUT2D eigenvalue weighted by molar-refractivity contribution is 14.1. The molecule has 0 saturated carbocycles. The molecule has 0 radical (unpaired) electrons. The topological polar surface area (TPSA) is 29.5 Å². The molecule has 16 heavy (non-hydrogen) atoms. The van der Waals surface area contributed by atoms with Gasteiger partial charge in [-0.3, -0.25) is 0 Å². The highest BCUT2D eigenvalue weighted by Crippen LogP contribution is 2.17. The van der Waals surface area contributed by atoms with Gasteiger partial charge in [-0.1, -0.05) is 52.9 Å². The summed E-state index contributed by atoms with van der Waals surface area (Å²) < 4.78 is 6.29. The van der Waals surface area contributed by atoms with Gasteiger partial charge in [0.25, 0.3) is 0 Å². The molecule has 1 aromatic carbocycles. The van der Waals surface area contributed by atoms with Crippen molar-refractivity contribution < 1.29 is 9.53 Å². The van der Waals surface area contributed by atoms with Crippen molar-refractivity contribution in [2.24, 2.45) is 0 Å². The quantitative estimate of drug-likeness (QED) is 0.627. The third kappa shape index (κ3) is 2.87. The van der Waals surface area contributed by atoms with Crippen molar-refractivity contribution in [3.63, 3.8) is 0 Å². The third-order valence-electron chi connectivity index (χ3n) is 2.60. The summed E-state index contributed by atoms with van der Waals surface area (Å²) in [6.45, 7) is 1.37. The summed E-state index contributed by atoms with van der Waals surface area (Å²) in [4.78, 5) is 13.3. The Morgan fingerprint density at radius 2 is 2.12 bits per heavy atom. The van der Waals surface area contributed by atoms with Crippen molar-refractivity contribution in [3.05, 3.63) is 35.9 Å². The van der Waals surface area contributed by atoms with E-state index in [0.717, 1.165) is 23.0 Å². The number of cyclic esters (lactones) is 1. The normalized spacial score (nSPS) is 19.9. The molecule has 0 N–H and O–H groups in total. The van der Waals surface area contributed by atoms with Crippen molar-refractivity contribution in [1.29, 1.82) is 0 Å². The Bertz CT molecular complexity index is 355. The molecule has 4 heteroatoms. The molecule has 86 valence electrons. The van der Waals surface area contributed by atoms with Crippen LogP contribution < -0.4 is 0 Å². The number of hydrogen-bond acceptors (Lipinski definition) is 2. The van der Waals surface area contributed by atoms with Crippen LogP contribution in [0.2, 0.25) is 0 Å². The van der Waals surface area contributed by atoms with E-state index in [4.69, 9.17) is 4.74 Å². The Balaban J connectivity index is 1.94. The second kappa shape index (κ2) is 5.52. The lowest BCUT2D eigenvalue weighted by Gasteiger charge is -2.12. The molecule has 0 aromatic heterocycles. The molecule has 1 fully saturated rings. The maximum Gasteiger partial charge on any atom is 0.410 e. The highest BCUT2D eigenvalue weighted by atomic mass is 127. The number of benzene rings is 1. The maximum absolute atomic E-state index is 11.6. The molecule has 2 rings (SSSR count). The van der Waals surface area contributed by atoms with Gasteiger partial charge in [-0.25, -0.2) is 4.79 Å². The fraction of sp³-hybridized carbons (Fsp3) is 0.417. The van der Waals surface area contributed by atoms with E-state index in [9.17, 15) is 4.79 Å². The standard InChI is InChI=1S/C12H14INO2/c13-7-6-11-9-14(12(15)16-11)8-10-4-2-1-3-5-10/h1-5,11H,6-9H2. The summed E-state index contributed by atoms with van der Waals surface area (Å²) in [6, 6.07) is 10.0. The van der Waals surface area contributed by atoms with Crippen molar-refractivity contribution in [2.75, 3.05) is 11.0 Å². The zero-order valence-electron chi connectivity index (χ0n) is 8.93. The fourth-order valence-corrected chi connectivity index (χ4v) is 2.47. The molecular weight excluding hydrogens is 317 g/mol.